The predicted octanol–water partition coefficient (Wildman–Crippen LogP) is 2.49. The van der Waals surface area contributed by atoms with Crippen molar-refractivity contribution in [3.8, 4) is 0 Å². The Morgan fingerprint density at radius 1 is 0.958 bits per heavy atom. The van der Waals surface area contributed by atoms with E-state index in [1.165, 1.54) is 4.90 Å². The van der Waals surface area contributed by atoms with E-state index >= 15 is 0 Å². The van der Waals surface area contributed by atoms with Crippen molar-refractivity contribution >= 4 is 17.5 Å². The van der Waals surface area contributed by atoms with Gasteiger partial charge in [0.15, 0.2) is 12.1 Å². The van der Waals surface area contributed by atoms with Gasteiger partial charge in [0, 0.05) is 0 Å². The highest BCUT2D eigenvalue weighted by Gasteiger charge is 2.54. The van der Waals surface area contributed by atoms with Crippen molar-refractivity contribution < 1.29 is 9.59 Å². The summed E-state index contributed by atoms with van der Waals surface area (Å²) in [6.07, 6.45) is 0. The number of rotatable bonds is 3. The average Bonchev–Trinajstić information content (AvgIpc) is 3.11. The number of hydrogen-bond donors (Lipinski definition) is 0. The van der Waals surface area contributed by atoms with E-state index in [9.17, 15) is 9.59 Å². The molecule has 2 aliphatic heterocycles. The molecule has 2 aromatic carbocycles. The first-order chi connectivity index (χ1) is 11.7. The summed E-state index contributed by atoms with van der Waals surface area (Å²) in [4.78, 5) is 26.6. The topological polar surface area (TPSA) is 65.3 Å². The molecule has 0 bridgehead atoms. The average molecular weight is 320 g/mol. The number of nitrogens with zero attached hydrogens (tertiary/aromatic N) is 4. The second kappa shape index (κ2) is 5.56. The highest BCUT2D eigenvalue weighted by Crippen LogP contribution is 2.32. The number of carbonyl (C=O) groups is 2. The quantitative estimate of drug-likeness (QED) is 0.816. The molecule has 2 amide bonds. The Balaban J connectivity index is 1.62. The first kappa shape index (κ1) is 14.6. The second-order valence-electron chi connectivity index (χ2n) is 5.97. The summed E-state index contributed by atoms with van der Waals surface area (Å²) in [5.74, 6) is -0.581. The largest absolute Gasteiger partial charge is 0.271 e. The highest BCUT2D eigenvalue weighted by molar-refractivity contribution is 6.25. The van der Waals surface area contributed by atoms with Crippen molar-refractivity contribution in [3.63, 3.8) is 0 Å². The van der Waals surface area contributed by atoms with Gasteiger partial charge in [-0.2, -0.15) is 5.11 Å². The van der Waals surface area contributed by atoms with E-state index < -0.39 is 12.1 Å². The minimum absolute atomic E-state index is 0.269. The number of amides is 2. The van der Waals surface area contributed by atoms with E-state index in [4.69, 9.17) is 0 Å². The molecule has 0 spiro atoms. The number of anilines is 1. The molecule has 1 saturated heterocycles. The van der Waals surface area contributed by atoms with Crippen LogP contribution in [0.3, 0.4) is 0 Å². The smallest absolute Gasteiger partial charge is 0.263 e. The Morgan fingerprint density at radius 3 is 2.42 bits per heavy atom. The van der Waals surface area contributed by atoms with Crippen LogP contribution in [0.25, 0.3) is 0 Å². The van der Waals surface area contributed by atoms with Crippen LogP contribution in [0.15, 0.2) is 64.9 Å². The van der Waals surface area contributed by atoms with Gasteiger partial charge in [-0.05, 0) is 30.2 Å². The Bertz CT molecular complexity index is 834. The Hall–Kier alpha value is -3.02. The summed E-state index contributed by atoms with van der Waals surface area (Å²) in [6, 6.07) is 15.5. The Labute approximate surface area is 139 Å². The maximum absolute atomic E-state index is 12.8. The van der Waals surface area contributed by atoms with E-state index in [2.05, 4.69) is 10.3 Å². The lowest BCUT2D eigenvalue weighted by molar-refractivity contribution is -0.123. The van der Waals surface area contributed by atoms with Gasteiger partial charge in [-0.15, -0.1) is 0 Å². The van der Waals surface area contributed by atoms with Crippen molar-refractivity contribution in [1.82, 2.24) is 5.01 Å². The summed E-state index contributed by atoms with van der Waals surface area (Å²) in [7, 11) is 0. The number of imide groups is 1. The standard InChI is InChI=1S/C18H16N4O2/c1-12-7-5-6-8-13(12)11-21-16-15(19-20-21)17(23)22(18(16)24)14-9-3-2-4-10-14/h2-10,15-16H,11H2,1H3/t15-,16+/m1/s1. The van der Waals surface area contributed by atoms with Crippen LogP contribution in [0.1, 0.15) is 11.1 Å². The van der Waals surface area contributed by atoms with Gasteiger partial charge in [0.1, 0.15) is 0 Å². The van der Waals surface area contributed by atoms with E-state index in [-0.39, 0.29) is 11.8 Å². The molecular formula is C18H16N4O2. The Kier molecular flexibility index (Phi) is 3.37. The van der Waals surface area contributed by atoms with Crippen molar-refractivity contribution in [1.29, 1.82) is 0 Å². The second-order valence-corrected chi connectivity index (χ2v) is 5.97. The number of hydrogen-bond acceptors (Lipinski definition) is 5. The van der Waals surface area contributed by atoms with Crippen LogP contribution >= 0.6 is 0 Å². The van der Waals surface area contributed by atoms with Gasteiger partial charge in [0.25, 0.3) is 11.8 Å². The van der Waals surface area contributed by atoms with Gasteiger partial charge in [-0.25, -0.2) is 4.90 Å². The fourth-order valence-electron chi connectivity index (χ4n) is 3.15. The minimum atomic E-state index is -0.748. The lowest BCUT2D eigenvalue weighted by atomic mass is 10.1. The van der Waals surface area contributed by atoms with Crippen molar-refractivity contribution in [3.05, 3.63) is 65.7 Å². The molecule has 4 rings (SSSR count). The van der Waals surface area contributed by atoms with Crippen molar-refractivity contribution in [2.75, 3.05) is 4.90 Å². The molecule has 0 radical (unpaired) electrons. The van der Waals surface area contributed by atoms with Crippen LogP contribution in [0.2, 0.25) is 0 Å². The molecule has 2 atom stereocenters. The highest BCUT2D eigenvalue weighted by atomic mass is 16.2. The molecule has 2 aliphatic rings. The van der Waals surface area contributed by atoms with E-state index in [1.807, 2.05) is 37.3 Å². The third kappa shape index (κ3) is 2.19. The van der Waals surface area contributed by atoms with Crippen LogP contribution in [-0.4, -0.2) is 28.9 Å². The fourth-order valence-corrected chi connectivity index (χ4v) is 3.15. The first-order valence-electron chi connectivity index (χ1n) is 7.81. The minimum Gasteiger partial charge on any atom is -0.271 e. The number of aryl methyl sites for hydroxylation is 1. The summed E-state index contributed by atoms with van der Waals surface area (Å²) in [5, 5.41) is 9.75. The molecular weight excluding hydrogens is 304 g/mol. The van der Waals surface area contributed by atoms with Crippen LogP contribution < -0.4 is 4.90 Å². The van der Waals surface area contributed by atoms with Gasteiger partial charge >= 0.3 is 0 Å². The fraction of sp³-hybridized carbons (Fsp3) is 0.222. The van der Waals surface area contributed by atoms with E-state index in [1.54, 1.807) is 29.3 Å². The van der Waals surface area contributed by atoms with E-state index in [0.29, 0.717) is 12.2 Å². The molecule has 0 unspecified atom stereocenters. The lowest BCUT2D eigenvalue weighted by Gasteiger charge is -2.21. The van der Waals surface area contributed by atoms with Crippen molar-refractivity contribution in [2.45, 2.75) is 25.6 Å². The molecule has 0 aromatic heterocycles. The zero-order valence-electron chi connectivity index (χ0n) is 13.2. The maximum Gasteiger partial charge on any atom is 0.263 e. The molecule has 2 heterocycles. The monoisotopic (exact) mass is 320 g/mol. The predicted molar refractivity (Wildman–Crippen MR) is 88.1 cm³/mol. The van der Waals surface area contributed by atoms with Gasteiger partial charge in [-0.1, -0.05) is 47.7 Å². The molecule has 24 heavy (non-hydrogen) atoms. The molecule has 1 fully saturated rings. The number of carbonyl (C=O) groups excluding carboxylic acids is 2. The Morgan fingerprint density at radius 2 is 1.67 bits per heavy atom. The normalized spacial score (nSPS) is 22.4. The lowest BCUT2D eigenvalue weighted by Crippen LogP contribution is -2.39. The van der Waals surface area contributed by atoms with Gasteiger partial charge < -0.3 is 0 Å². The summed E-state index contributed by atoms with van der Waals surface area (Å²) in [6.45, 7) is 2.47. The van der Waals surface area contributed by atoms with Gasteiger partial charge in [0.2, 0.25) is 0 Å². The number of para-hydroxylation sites is 1. The summed E-state index contributed by atoms with van der Waals surface area (Å²) in [5.41, 5.74) is 2.76. The van der Waals surface area contributed by atoms with Crippen LogP contribution in [-0.2, 0) is 16.1 Å². The molecule has 0 N–H and O–H groups in total. The van der Waals surface area contributed by atoms with Crippen LogP contribution in [0, 0.1) is 6.92 Å². The maximum atomic E-state index is 12.8. The van der Waals surface area contributed by atoms with E-state index in [0.717, 1.165) is 11.1 Å². The number of benzene rings is 2. The molecule has 2 aromatic rings. The van der Waals surface area contributed by atoms with Crippen LogP contribution in [0.5, 0.6) is 0 Å². The number of fused-ring (bicyclic) bond motifs is 1. The molecule has 120 valence electrons. The SMILES string of the molecule is Cc1ccccc1CN1N=N[C@H]2C(=O)N(c3ccccc3)C(=O)[C@H]21. The zero-order chi connectivity index (χ0) is 16.7. The molecule has 0 saturated carbocycles. The molecule has 0 aliphatic carbocycles. The van der Waals surface area contributed by atoms with Crippen molar-refractivity contribution in [2.24, 2.45) is 10.3 Å². The summed E-state index contributed by atoms with van der Waals surface area (Å²) >= 11 is 0. The molecule has 6 nitrogen and oxygen atoms in total. The third-order valence-corrected chi connectivity index (χ3v) is 4.47. The van der Waals surface area contributed by atoms with Gasteiger partial charge in [-0.3, -0.25) is 14.6 Å². The third-order valence-electron chi connectivity index (χ3n) is 4.47. The summed E-state index contributed by atoms with van der Waals surface area (Å²) < 4.78 is 0. The zero-order valence-corrected chi connectivity index (χ0v) is 13.2. The molecule has 6 heteroatoms. The first-order valence-corrected chi connectivity index (χ1v) is 7.81. The van der Waals surface area contributed by atoms with Gasteiger partial charge in [0.05, 0.1) is 12.2 Å². The van der Waals surface area contributed by atoms with Crippen LogP contribution in [0.4, 0.5) is 5.69 Å².